The van der Waals surface area contributed by atoms with Crippen molar-refractivity contribution in [3.63, 3.8) is 0 Å². The van der Waals surface area contributed by atoms with Gasteiger partial charge in [-0.1, -0.05) is 0 Å². The second-order valence-electron chi connectivity index (χ2n) is 6.48. The molecule has 1 fully saturated rings. The van der Waals surface area contributed by atoms with Crippen LogP contribution in [0.15, 0.2) is 24.3 Å². The van der Waals surface area contributed by atoms with Gasteiger partial charge in [-0.25, -0.2) is 0 Å². The molecule has 24 heavy (non-hydrogen) atoms. The molecule has 0 radical (unpaired) electrons. The average Bonchev–Trinajstić information content (AvgIpc) is 2.62. The maximum atomic E-state index is 12.8. The number of piperidine rings is 1. The van der Waals surface area contributed by atoms with E-state index in [2.05, 4.69) is 0 Å². The van der Waals surface area contributed by atoms with Gasteiger partial charge in [0.1, 0.15) is 0 Å². The van der Waals surface area contributed by atoms with Gasteiger partial charge >= 0.3 is 0 Å². The summed E-state index contributed by atoms with van der Waals surface area (Å²) in [5.74, 6) is 0.0178. The molecule has 2 rings (SSSR count). The van der Waals surface area contributed by atoms with E-state index in [1.54, 1.807) is 29.2 Å². The molecular weight excluding hydrogens is 302 g/mol. The molecule has 0 aromatic heterocycles. The normalized spacial score (nSPS) is 19.0. The smallest absolute Gasteiger partial charge is 0.254 e. The van der Waals surface area contributed by atoms with E-state index in [0.717, 1.165) is 25.8 Å². The largest absolute Gasteiger partial charge is 0.339 e. The molecule has 5 nitrogen and oxygen atoms in total. The third-order valence-electron chi connectivity index (χ3n) is 4.85. The second-order valence-corrected chi connectivity index (χ2v) is 6.48. The molecule has 2 amide bonds. The Labute approximate surface area is 144 Å². The maximum absolute atomic E-state index is 12.8. The van der Waals surface area contributed by atoms with Gasteiger partial charge in [0.25, 0.3) is 11.8 Å². The summed E-state index contributed by atoms with van der Waals surface area (Å²) < 4.78 is 0. The number of hydrogen-bond donors (Lipinski definition) is 1. The van der Waals surface area contributed by atoms with Crippen LogP contribution in [0, 0.1) is 0 Å². The van der Waals surface area contributed by atoms with E-state index in [4.69, 9.17) is 5.73 Å². The highest BCUT2D eigenvalue weighted by molar-refractivity contribution is 5.98. The van der Waals surface area contributed by atoms with E-state index in [-0.39, 0.29) is 23.9 Å². The minimum atomic E-state index is -0.0298. The third kappa shape index (κ3) is 3.96. The van der Waals surface area contributed by atoms with E-state index in [1.165, 1.54) is 0 Å². The number of nitrogens with two attached hydrogens (primary N) is 1. The van der Waals surface area contributed by atoms with Crippen LogP contribution in [-0.2, 0) is 0 Å². The molecule has 1 aromatic rings. The van der Waals surface area contributed by atoms with Gasteiger partial charge in [-0.2, -0.15) is 0 Å². The lowest BCUT2D eigenvalue weighted by Gasteiger charge is -2.38. The summed E-state index contributed by atoms with van der Waals surface area (Å²) >= 11 is 0. The van der Waals surface area contributed by atoms with Crippen molar-refractivity contribution in [1.29, 1.82) is 0 Å². The Balaban J connectivity index is 2.14. The van der Waals surface area contributed by atoms with Crippen molar-refractivity contribution in [3.05, 3.63) is 35.4 Å². The SMILES string of the molecule is CCN(CC)C(=O)c1ccc(C(=O)N2CCCCC2C(C)N)cc1. The average molecular weight is 331 g/mol. The fourth-order valence-corrected chi connectivity index (χ4v) is 3.37. The molecule has 2 atom stereocenters. The Morgan fingerprint density at radius 2 is 1.75 bits per heavy atom. The van der Waals surface area contributed by atoms with E-state index in [1.807, 2.05) is 25.7 Å². The van der Waals surface area contributed by atoms with Gasteiger partial charge in [0, 0.05) is 42.8 Å². The summed E-state index contributed by atoms with van der Waals surface area (Å²) in [6.45, 7) is 8.00. The number of carbonyl (C=O) groups excluding carboxylic acids is 2. The van der Waals surface area contributed by atoms with Gasteiger partial charge in [-0.3, -0.25) is 9.59 Å². The molecule has 0 bridgehead atoms. The van der Waals surface area contributed by atoms with Crippen LogP contribution in [0.5, 0.6) is 0 Å². The molecule has 5 heteroatoms. The zero-order valence-corrected chi connectivity index (χ0v) is 15.0. The minimum absolute atomic E-state index is 0.00503. The van der Waals surface area contributed by atoms with Crippen LogP contribution in [0.25, 0.3) is 0 Å². The van der Waals surface area contributed by atoms with Crippen molar-refractivity contribution >= 4 is 11.8 Å². The highest BCUT2D eigenvalue weighted by Gasteiger charge is 2.29. The lowest BCUT2D eigenvalue weighted by Crippen LogP contribution is -2.51. The van der Waals surface area contributed by atoms with Crippen molar-refractivity contribution in [2.75, 3.05) is 19.6 Å². The van der Waals surface area contributed by atoms with Gasteiger partial charge < -0.3 is 15.5 Å². The summed E-state index contributed by atoms with van der Waals surface area (Å²) in [6, 6.07) is 7.08. The van der Waals surface area contributed by atoms with Gasteiger partial charge in [-0.15, -0.1) is 0 Å². The molecule has 132 valence electrons. The first-order valence-corrected chi connectivity index (χ1v) is 8.95. The second kappa shape index (κ2) is 8.29. The number of carbonyl (C=O) groups is 2. The molecule has 1 heterocycles. The number of amides is 2. The van der Waals surface area contributed by atoms with Crippen LogP contribution in [0.2, 0.25) is 0 Å². The predicted molar refractivity (Wildman–Crippen MR) is 96.0 cm³/mol. The summed E-state index contributed by atoms with van der Waals surface area (Å²) in [6.07, 6.45) is 3.10. The van der Waals surface area contributed by atoms with E-state index in [0.29, 0.717) is 24.2 Å². The highest BCUT2D eigenvalue weighted by Crippen LogP contribution is 2.22. The highest BCUT2D eigenvalue weighted by atomic mass is 16.2. The quantitative estimate of drug-likeness (QED) is 0.901. The third-order valence-corrected chi connectivity index (χ3v) is 4.85. The maximum Gasteiger partial charge on any atom is 0.254 e. The van der Waals surface area contributed by atoms with Crippen molar-refractivity contribution < 1.29 is 9.59 Å². The van der Waals surface area contributed by atoms with Crippen LogP contribution in [0.1, 0.15) is 60.7 Å². The van der Waals surface area contributed by atoms with Crippen molar-refractivity contribution in [2.45, 2.75) is 52.1 Å². The van der Waals surface area contributed by atoms with Crippen LogP contribution in [0.3, 0.4) is 0 Å². The molecule has 0 aliphatic carbocycles. The Morgan fingerprint density at radius 3 is 2.29 bits per heavy atom. The van der Waals surface area contributed by atoms with E-state index >= 15 is 0 Å². The number of likely N-dealkylation sites (tertiary alicyclic amines) is 1. The zero-order valence-electron chi connectivity index (χ0n) is 15.0. The standard InChI is InChI=1S/C19H29N3O2/c1-4-21(5-2)18(23)15-9-11-16(12-10-15)19(24)22-13-7-6-8-17(22)14(3)20/h9-12,14,17H,4-8,13,20H2,1-3H3. The van der Waals surface area contributed by atoms with Crippen LogP contribution < -0.4 is 5.73 Å². The van der Waals surface area contributed by atoms with Crippen molar-refractivity contribution in [2.24, 2.45) is 5.73 Å². The summed E-state index contributed by atoms with van der Waals surface area (Å²) in [5, 5.41) is 0. The fraction of sp³-hybridized carbons (Fsp3) is 0.579. The molecule has 2 N–H and O–H groups in total. The van der Waals surface area contributed by atoms with Gasteiger partial charge in [-0.05, 0) is 64.3 Å². The number of hydrogen-bond acceptors (Lipinski definition) is 3. The van der Waals surface area contributed by atoms with Gasteiger partial charge in [0.15, 0.2) is 0 Å². The van der Waals surface area contributed by atoms with Crippen LogP contribution in [0.4, 0.5) is 0 Å². The van der Waals surface area contributed by atoms with Gasteiger partial charge in [0.2, 0.25) is 0 Å². The Bertz CT molecular complexity index is 564. The van der Waals surface area contributed by atoms with Crippen LogP contribution in [-0.4, -0.2) is 53.3 Å². The van der Waals surface area contributed by atoms with Crippen molar-refractivity contribution in [1.82, 2.24) is 9.80 Å². The molecule has 0 spiro atoms. The molecule has 1 aromatic carbocycles. The Hall–Kier alpha value is -1.88. The topological polar surface area (TPSA) is 66.6 Å². The molecule has 2 unspecified atom stereocenters. The Morgan fingerprint density at radius 1 is 1.17 bits per heavy atom. The fourth-order valence-electron chi connectivity index (χ4n) is 3.37. The zero-order chi connectivity index (χ0) is 17.7. The number of nitrogens with zero attached hydrogens (tertiary/aromatic N) is 2. The molecular formula is C19H29N3O2. The lowest BCUT2D eigenvalue weighted by atomic mass is 9.96. The van der Waals surface area contributed by atoms with E-state index < -0.39 is 0 Å². The monoisotopic (exact) mass is 331 g/mol. The number of rotatable bonds is 5. The summed E-state index contributed by atoms with van der Waals surface area (Å²) in [4.78, 5) is 28.8. The van der Waals surface area contributed by atoms with E-state index in [9.17, 15) is 9.59 Å². The van der Waals surface area contributed by atoms with Crippen molar-refractivity contribution in [3.8, 4) is 0 Å². The van der Waals surface area contributed by atoms with Crippen LogP contribution >= 0.6 is 0 Å². The first kappa shape index (κ1) is 18.5. The molecule has 1 saturated heterocycles. The first-order chi connectivity index (χ1) is 11.5. The number of benzene rings is 1. The minimum Gasteiger partial charge on any atom is -0.339 e. The molecule has 1 aliphatic rings. The summed E-state index contributed by atoms with van der Waals surface area (Å²) in [7, 11) is 0. The molecule has 1 aliphatic heterocycles. The Kier molecular flexibility index (Phi) is 6.37. The molecule has 0 saturated carbocycles. The summed E-state index contributed by atoms with van der Waals surface area (Å²) in [5.41, 5.74) is 7.30. The predicted octanol–water partition coefficient (Wildman–Crippen LogP) is 2.51. The lowest BCUT2D eigenvalue weighted by molar-refractivity contribution is 0.0583. The first-order valence-electron chi connectivity index (χ1n) is 8.95. The van der Waals surface area contributed by atoms with Gasteiger partial charge in [0.05, 0.1) is 0 Å².